The van der Waals surface area contributed by atoms with Gasteiger partial charge in [0.25, 0.3) is 0 Å². The van der Waals surface area contributed by atoms with Crippen molar-refractivity contribution in [1.29, 1.82) is 0 Å². The Labute approximate surface area is 73.9 Å². The summed E-state index contributed by atoms with van der Waals surface area (Å²) in [5, 5.41) is 9.80. The highest BCUT2D eigenvalue weighted by atomic mass is 16.5. The standard InChI is InChI=1S/C10H18O2/c1-12-10(8-4-5-8)9(11)6-7-2-3-7/h7-11H,2-6H2,1H3. The van der Waals surface area contributed by atoms with Crippen LogP contribution in [-0.4, -0.2) is 24.4 Å². The molecule has 0 aliphatic heterocycles. The summed E-state index contributed by atoms with van der Waals surface area (Å²) in [5.41, 5.74) is 0. The number of hydrogen-bond acceptors (Lipinski definition) is 2. The van der Waals surface area contributed by atoms with Crippen molar-refractivity contribution in [2.45, 2.75) is 44.3 Å². The lowest BCUT2D eigenvalue weighted by Gasteiger charge is -2.20. The Morgan fingerprint density at radius 3 is 2.42 bits per heavy atom. The number of aliphatic hydroxyl groups excluding tert-OH is 1. The van der Waals surface area contributed by atoms with E-state index in [1.54, 1.807) is 7.11 Å². The second-order valence-electron chi connectivity index (χ2n) is 4.28. The topological polar surface area (TPSA) is 29.5 Å². The molecule has 0 bridgehead atoms. The second kappa shape index (κ2) is 3.35. The number of ether oxygens (including phenoxy) is 1. The molecule has 0 heterocycles. The fourth-order valence-corrected chi connectivity index (χ4v) is 1.92. The van der Waals surface area contributed by atoms with Gasteiger partial charge < -0.3 is 9.84 Å². The van der Waals surface area contributed by atoms with Crippen molar-refractivity contribution < 1.29 is 9.84 Å². The van der Waals surface area contributed by atoms with Gasteiger partial charge in [0.1, 0.15) is 0 Å². The lowest BCUT2D eigenvalue weighted by atomic mass is 10.0. The molecule has 0 aromatic rings. The zero-order valence-electron chi connectivity index (χ0n) is 7.70. The van der Waals surface area contributed by atoms with E-state index >= 15 is 0 Å². The van der Waals surface area contributed by atoms with E-state index in [1.165, 1.54) is 25.7 Å². The highest BCUT2D eigenvalue weighted by Gasteiger charge is 2.38. The summed E-state index contributed by atoms with van der Waals surface area (Å²) in [6.07, 6.45) is 6.03. The lowest BCUT2D eigenvalue weighted by molar-refractivity contribution is -0.0302. The number of methoxy groups -OCH3 is 1. The smallest absolute Gasteiger partial charge is 0.0858 e. The molecule has 2 atom stereocenters. The van der Waals surface area contributed by atoms with Gasteiger partial charge in [-0.25, -0.2) is 0 Å². The van der Waals surface area contributed by atoms with Crippen molar-refractivity contribution in [3.8, 4) is 0 Å². The molecule has 2 fully saturated rings. The van der Waals surface area contributed by atoms with Gasteiger partial charge in [0.15, 0.2) is 0 Å². The van der Waals surface area contributed by atoms with Crippen molar-refractivity contribution in [2.24, 2.45) is 11.8 Å². The lowest BCUT2D eigenvalue weighted by Crippen LogP contribution is -2.30. The van der Waals surface area contributed by atoms with E-state index in [4.69, 9.17) is 4.74 Å². The first-order valence-electron chi connectivity index (χ1n) is 5.02. The Hall–Kier alpha value is -0.0800. The molecule has 0 radical (unpaired) electrons. The number of hydrogen-bond donors (Lipinski definition) is 1. The molecule has 0 amide bonds. The van der Waals surface area contributed by atoms with Gasteiger partial charge in [0, 0.05) is 7.11 Å². The van der Waals surface area contributed by atoms with Crippen molar-refractivity contribution >= 4 is 0 Å². The molecule has 2 rings (SSSR count). The van der Waals surface area contributed by atoms with Crippen LogP contribution in [0.5, 0.6) is 0 Å². The molecule has 2 nitrogen and oxygen atoms in total. The highest BCUT2D eigenvalue weighted by Crippen LogP contribution is 2.40. The van der Waals surface area contributed by atoms with Gasteiger partial charge in [-0.1, -0.05) is 12.8 Å². The minimum atomic E-state index is -0.199. The molecule has 2 unspecified atom stereocenters. The van der Waals surface area contributed by atoms with Crippen LogP contribution in [0.15, 0.2) is 0 Å². The fraction of sp³-hybridized carbons (Fsp3) is 1.00. The van der Waals surface area contributed by atoms with E-state index in [1.807, 2.05) is 0 Å². The molecule has 2 saturated carbocycles. The van der Waals surface area contributed by atoms with Gasteiger partial charge in [-0.05, 0) is 31.1 Å². The summed E-state index contributed by atoms with van der Waals surface area (Å²) in [5.74, 6) is 1.46. The van der Waals surface area contributed by atoms with Crippen LogP contribution in [0.1, 0.15) is 32.1 Å². The second-order valence-corrected chi connectivity index (χ2v) is 4.28. The minimum Gasteiger partial charge on any atom is -0.390 e. The summed E-state index contributed by atoms with van der Waals surface area (Å²) >= 11 is 0. The van der Waals surface area contributed by atoms with Gasteiger partial charge in [0.2, 0.25) is 0 Å². The molecule has 70 valence electrons. The van der Waals surface area contributed by atoms with Crippen LogP contribution in [0.4, 0.5) is 0 Å². The molecule has 0 spiro atoms. The van der Waals surface area contributed by atoms with Gasteiger partial charge in [-0.15, -0.1) is 0 Å². The quantitative estimate of drug-likeness (QED) is 0.678. The Bertz CT molecular complexity index is 150. The molecule has 0 aromatic heterocycles. The predicted molar refractivity (Wildman–Crippen MR) is 46.9 cm³/mol. The minimum absolute atomic E-state index is 0.130. The molecule has 0 saturated heterocycles. The Morgan fingerprint density at radius 2 is 2.00 bits per heavy atom. The Kier molecular flexibility index (Phi) is 2.37. The summed E-state index contributed by atoms with van der Waals surface area (Å²) in [7, 11) is 1.72. The van der Waals surface area contributed by atoms with E-state index in [0.29, 0.717) is 5.92 Å². The van der Waals surface area contributed by atoms with E-state index in [9.17, 15) is 5.11 Å². The third-order valence-electron chi connectivity index (χ3n) is 3.01. The molecule has 2 heteroatoms. The molecule has 2 aliphatic rings. The monoisotopic (exact) mass is 170 g/mol. The van der Waals surface area contributed by atoms with Crippen LogP contribution in [0.3, 0.4) is 0 Å². The van der Waals surface area contributed by atoms with Gasteiger partial charge in [-0.3, -0.25) is 0 Å². The average molecular weight is 170 g/mol. The first kappa shape index (κ1) is 8.52. The summed E-state index contributed by atoms with van der Waals surface area (Å²) < 4.78 is 5.31. The van der Waals surface area contributed by atoms with Crippen molar-refractivity contribution in [3.05, 3.63) is 0 Å². The fourth-order valence-electron chi connectivity index (χ4n) is 1.92. The SMILES string of the molecule is COC(C(O)CC1CC1)C1CC1. The third-order valence-corrected chi connectivity index (χ3v) is 3.01. The van der Waals surface area contributed by atoms with E-state index < -0.39 is 0 Å². The first-order valence-corrected chi connectivity index (χ1v) is 5.02. The van der Waals surface area contributed by atoms with E-state index in [2.05, 4.69) is 0 Å². The zero-order chi connectivity index (χ0) is 8.55. The van der Waals surface area contributed by atoms with Crippen LogP contribution in [-0.2, 0) is 4.74 Å². The predicted octanol–water partition coefficient (Wildman–Crippen LogP) is 1.57. The van der Waals surface area contributed by atoms with Crippen molar-refractivity contribution in [1.82, 2.24) is 0 Å². The molecule has 12 heavy (non-hydrogen) atoms. The summed E-state index contributed by atoms with van der Waals surface area (Å²) in [6.45, 7) is 0. The third kappa shape index (κ3) is 1.99. The van der Waals surface area contributed by atoms with Crippen LogP contribution < -0.4 is 0 Å². The number of aliphatic hydroxyl groups is 1. The largest absolute Gasteiger partial charge is 0.390 e. The average Bonchev–Trinajstić information content (AvgIpc) is 2.80. The van der Waals surface area contributed by atoms with E-state index in [-0.39, 0.29) is 12.2 Å². The van der Waals surface area contributed by atoms with Crippen molar-refractivity contribution in [2.75, 3.05) is 7.11 Å². The van der Waals surface area contributed by atoms with Gasteiger partial charge in [-0.2, -0.15) is 0 Å². The highest BCUT2D eigenvalue weighted by molar-refractivity contribution is 4.89. The van der Waals surface area contributed by atoms with Crippen molar-refractivity contribution in [3.63, 3.8) is 0 Å². The maximum absolute atomic E-state index is 9.80. The Balaban J connectivity index is 1.77. The molecular formula is C10H18O2. The maximum Gasteiger partial charge on any atom is 0.0858 e. The normalized spacial score (nSPS) is 28.5. The van der Waals surface area contributed by atoms with Crippen LogP contribution >= 0.6 is 0 Å². The molecular weight excluding hydrogens is 152 g/mol. The van der Waals surface area contributed by atoms with Crippen LogP contribution in [0, 0.1) is 11.8 Å². The van der Waals surface area contributed by atoms with Gasteiger partial charge in [0.05, 0.1) is 12.2 Å². The van der Waals surface area contributed by atoms with E-state index in [0.717, 1.165) is 12.3 Å². The van der Waals surface area contributed by atoms with Crippen LogP contribution in [0.25, 0.3) is 0 Å². The number of rotatable bonds is 5. The summed E-state index contributed by atoms with van der Waals surface area (Å²) in [4.78, 5) is 0. The van der Waals surface area contributed by atoms with Gasteiger partial charge >= 0.3 is 0 Å². The Morgan fingerprint density at radius 1 is 1.33 bits per heavy atom. The maximum atomic E-state index is 9.80. The summed E-state index contributed by atoms with van der Waals surface area (Å²) in [6, 6.07) is 0. The zero-order valence-corrected chi connectivity index (χ0v) is 7.70. The van der Waals surface area contributed by atoms with Crippen LogP contribution in [0.2, 0.25) is 0 Å². The first-order chi connectivity index (χ1) is 5.81. The molecule has 2 aliphatic carbocycles. The molecule has 1 N–H and O–H groups in total. The molecule has 0 aromatic carbocycles.